The third-order valence-corrected chi connectivity index (χ3v) is 2.55. The van der Waals surface area contributed by atoms with E-state index in [0.717, 1.165) is 6.42 Å². The van der Waals surface area contributed by atoms with Gasteiger partial charge in [-0.05, 0) is 12.8 Å². The number of urea groups is 1. The van der Waals surface area contributed by atoms with Crippen LogP contribution in [0.15, 0.2) is 0 Å². The molecular weight excluding hydrogens is 224 g/mol. The van der Waals surface area contributed by atoms with Gasteiger partial charge in [-0.25, -0.2) is 4.79 Å². The van der Waals surface area contributed by atoms with Crippen LogP contribution in [0.1, 0.15) is 26.7 Å². The standard InChI is InChI=1S/C11H22N2O4/c1-4-8(10(14)15)6-12-11(16)13-9(5-2)7-17-3/h8-9H,4-7H2,1-3H3,(H,14,15)(H2,12,13,16). The van der Waals surface area contributed by atoms with E-state index in [4.69, 9.17) is 9.84 Å². The highest BCUT2D eigenvalue weighted by atomic mass is 16.5. The van der Waals surface area contributed by atoms with E-state index >= 15 is 0 Å². The molecule has 0 saturated carbocycles. The molecule has 0 rings (SSSR count). The number of carboxylic acids is 1. The van der Waals surface area contributed by atoms with E-state index in [1.165, 1.54) is 0 Å². The summed E-state index contributed by atoms with van der Waals surface area (Å²) in [5.41, 5.74) is 0. The normalized spacial score (nSPS) is 13.8. The first-order valence-corrected chi connectivity index (χ1v) is 5.81. The van der Waals surface area contributed by atoms with Gasteiger partial charge in [0.15, 0.2) is 0 Å². The molecule has 0 aromatic rings. The maximum atomic E-state index is 11.5. The molecule has 0 bridgehead atoms. The molecule has 17 heavy (non-hydrogen) atoms. The Morgan fingerprint density at radius 3 is 2.35 bits per heavy atom. The summed E-state index contributed by atoms with van der Waals surface area (Å²) in [4.78, 5) is 22.2. The van der Waals surface area contributed by atoms with Gasteiger partial charge in [0.1, 0.15) is 0 Å². The molecule has 0 aromatic carbocycles. The third kappa shape index (κ3) is 6.78. The monoisotopic (exact) mass is 246 g/mol. The highest BCUT2D eigenvalue weighted by Gasteiger charge is 2.16. The molecule has 100 valence electrons. The van der Waals surface area contributed by atoms with Crippen molar-refractivity contribution in [3.05, 3.63) is 0 Å². The molecule has 0 aliphatic rings. The van der Waals surface area contributed by atoms with Crippen molar-refractivity contribution in [3.63, 3.8) is 0 Å². The number of methoxy groups -OCH3 is 1. The van der Waals surface area contributed by atoms with Gasteiger partial charge in [-0.3, -0.25) is 4.79 Å². The summed E-state index contributed by atoms with van der Waals surface area (Å²) in [5, 5.41) is 14.1. The van der Waals surface area contributed by atoms with Crippen LogP contribution in [0.3, 0.4) is 0 Å². The Hall–Kier alpha value is -1.30. The number of amides is 2. The number of nitrogens with one attached hydrogen (secondary N) is 2. The number of hydrogen-bond acceptors (Lipinski definition) is 3. The predicted octanol–water partition coefficient (Wildman–Crippen LogP) is 0.821. The van der Waals surface area contributed by atoms with Crippen molar-refractivity contribution >= 4 is 12.0 Å². The fraction of sp³-hybridized carbons (Fsp3) is 0.818. The lowest BCUT2D eigenvalue weighted by Crippen LogP contribution is -2.45. The second kappa shape index (κ2) is 8.81. The highest BCUT2D eigenvalue weighted by Crippen LogP contribution is 2.00. The van der Waals surface area contributed by atoms with Gasteiger partial charge in [-0.15, -0.1) is 0 Å². The van der Waals surface area contributed by atoms with Crippen molar-refractivity contribution in [1.82, 2.24) is 10.6 Å². The van der Waals surface area contributed by atoms with E-state index < -0.39 is 11.9 Å². The van der Waals surface area contributed by atoms with Gasteiger partial charge in [0.25, 0.3) is 0 Å². The van der Waals surface area contributed by atoms with Crippen LogP contribution in [-0.2, 0) is 9.53 Å². The number of aliphatic carboxylic acids is 1. The summed E-state index contributed by atoms with van der Waals surface area (Å²) >= 11 is 0. The van der Waals surface area contributed by atoms with Crippen molar-refractivity contribution in [2.75, 3.05) is 20.3 Å². The maximum Gasteiger partial charge on any atom is 0.315 e. The highest BCUT2D eigenvalue weighted by molar-refractivity contribution is 5.76. The van der Waals surface area contributed by atoms with Gasteiger partial charge in [-0.1, -0.05) is 13.8 Å². The topological polar surface area (TPSA) is 87.7 Å². The summed E-state index contributed by atoms with van der Waals surface area (Å²) < 4.78 is 4.94. The summed E-state index contributed by atoms with van der Waals surface area (Å²) in [6.07, 6.45) is 1.25. The lowest BCUT2D eigenvalue weighted by atomic mass is 10.1. The zero-order valence-corrected chi connectivity index (χ0v) is 10.7. The molecule has 2 atom stereocenters. The van der Waals surface area contributed by atoms with E-state index in [2.05, 4.69) is 10.6 Å². The first-order valence-electron chi connectivity index (χ1n) is 5.81. The molecule has 0 radical (unpaired) electrons. The molecule has 0 aromatic heterocycles. The number of rotatable bonds is 8. The van der Waals surface area contributed by atoms with Gasteiger partial charge < -0.3 is 20.5 Å². The van der Waals surface area contributed by atoms with E-state index in [1.807, 2.05) is 6.92 Å². The number of carbonyl (C=O) groups excluding carboxylic acids is 1. The Labute approximate surface area is 102 Å². The molecule has 3 N–H and O–H groups in total. The van der Waals surface area contributed by atoms with Gasteiger partial charge >= 0.3 is 12.0 Å². The minimum atomic E-state index is -0.892. The zero-order chi connectivity index (χ0) is 13.3. The average molecular weight is 246 g/mol. The second-order valence-electron chi connectivity index (χ2n) is 3.86. The summed E-state index contributed by atoms with van der Waals surface area (Å²) in [6.45, 7) is 4.30. The molecule has 0 aliphatic carbocycles. The van der Waals surface area contributed by atoms with Gasteiger partial charge in [0.2, 0.25) is 0 Å². The summed E-state index contributed by atoms with van der Waals surface area (Å²) in [6, 6.07) is -0.404. The maximum absolute atomic E-state index is 11.5. The number of ether oxygens (including phenoxy) is 1. The third-order valence-electron chi connectivity index (χ3n) is 2.55. The van der Waals surface area contributed by atoms with Crippen LogP contribution in [0, 0.1) is 5.92 Å². The Bertz CT molecular complexity index is 246. The van der Waals surface area contributed by atoms with Gasteiger partial charge in [-0.2, -0.15) is 0 Å². The molecule has 6 nitrogen and oxygen atoms in total. The van der Waals surface area contributed by atoms with Crippen molar-refractivity contribution < 1.29 is 19.4 Å². The smallest absolute Gasteiger partial charge is 0.315 e. The summed E-state index contributed by atoms with van der Waals surface area (Å²) in [7, 11) is 1.57. The van der Waals surface area contributed by atoms with Gasteiger partial charge in [0.05, 0.1) is 18.6 Å². The summed E-state index contributed by atoms with van der Waals surface area (Å²) in [5.74, 6) is -1.43. The largest absolute Gasteiger partial charge is 0.481 e. The molecule has 0 saturated heterocycles. The molecular formula is C11H22N2O4. The second-order valence-corrected chi connectivity index (χ2v) is 3.86. The molecule has 0 fully saturated rings. The molecule has 0 heterocycles. The molecule has 0 spiro atoms. The molecule has 2 unspecified atom stereocenters. The predicted molar refractivity (Wildman–Crippen MR) is 63.9 cm³/mol. The van der Waals surface area contributed by atoms with Crippen molar-refractivity contribution in [3.8, 4) is 0 Å². The molecule has 2 amide bonds. The lowest BCUT2D eigenvalue weighted by Gasteiger charge is -2.17. The van der Waals surface area contributed by atoms with E-state index in [-0.39, 0.29) is 18.6 Å². The van der Waals surface area contributed by atoms with Crippen LogP contribution >= 0.6 is 0 Å². The van der Waals surface area contributed by atoms with Crippen LogP contribution in [0.25, 0.3) is 0 Å². The van der Waals surface area contributed by atoms with Crippen molar-refractivity contribution in [2.45, 2.75) is 32.7 Å². The van der Waals surface area contributed by atoms with Crippen LogP contribution < -0.4 is 10.6 Å². The van der Waals surface area contributed by atoms with E-state index in [0.29, 0.717) is 13.0 Å². The Balaban J connectivity index is 3.96. The number of carboxylic acid groups (broad SMARTS) is 1. The molecule has 6 heteroatoms. The minimum absolute atomic E-state index is 0.0510. The fourth-order valence-corrected chi connectivity index (χ4v) is 1.32. The van der Waals surface area contributed by atoms with Crippen molar-refractivity contribution in [1.29, 1.82) is 0 Å². The van der Waals surface area contributed by atoms with E-state index in [1.54, 1.807) is 14.0 Å². The van der Waals surface area contributed by atoms with Crippen LogP contribution in [-0.4, -0.2) is 43.4 Å². The number of hydrogen-bond donors (Lipinski definition) is 3. The van der Waals surface area contributed by atoms with Crippen LogP contribution in [0.4, 0.5) is 4.79 Å². The minimum Gasteiger partial charge on any atom is -0.481 e. The zero-order valence-electron chi connectivity index (χ0n) is 10.7. The Morgan fingerprint density at radius 1 is 1.29 bits per heavy atom. The van der Waals surface area contributed by atoms with E-state index in [9.17, 15) is 9.59 Å². The van der Waals surface area contributed by atoms with Crippen molar-refractivity contribution in [2.24, 2.45) is 5.92 Å². The Kier molecular flexibility index (Phi) is 8.13. The SMILES string of the molecule is CCC(COC)NC(=O)NCC(CC)C(=O)O. The quantitative estimate of drug-likeness (QED) is 0.591. The lowest BCUT2D eigenvalue weighted by molar-refractivity contribution is -0.141. The Morgan fingerprint density at radius 2 is 1.94 bits per heavy atom. The van der Waals surface area contributed by atoms with Crippen LogP contribution in [0.5, 0.6) is 0 Å². The van der Waals surface area contributed by atoms with Gasteiger partial charge in [0, 0.05) is 13.7 Å². The number of carbonyl (C=O) groups is 2. The molecule has 0 aliphatic heterocycles. The first kappa shape index (κ1) is 15.7. The van der Waals surface area contributed by atoms with Crippen LogP contribution in [0.2, 0.25) is 0 Å². The average Bonchev–Trinajstić information content (AvgIpc) is 2.28. The first-order chi connectivity index (χ1) is 8.04. The fourth-order valence-electron chi connectivity index (χ4n) is 1.32.